The summed E-state index contributed by atoms with van der Waals surface area (Å²) in [5, 5.41) is 4.82. The highest BCUT2D eigenvalue weighted by Gasteiger charge is 2.22. The fourth-order valence-electron chi connectivity index (χ4n) is 1.07. The summed E-state index contributed by atoms with van der Waals surface area (Å²) in [5.74, 6) is -0.804. The second-order valence-electron chi connectivity index (χ2n) is 2.65. The van der Waals surface area contributed by atoms with Gasteiger partial charge in [0.25, 0.3) is 0 Å². The van der Waals surface area contributed by atoms with Gasteiger partial charge in [-0.05, 0) is 12.1 Å². The average molecular weight is 250 g/mol. The fourth-order valence-corrected chi connectivity index (χ4v) is 2.36. The van der Waals surface area contributed by atoms with Gasteiger partial charge in [0.15, 0.2) is 0 Å². The molecular weight excluding hydrogens is 242 g/mol. The van der Waals surface area contributed by atoms with Gasteiger partial charge in [-0.25, -0.2) is 18.4 Å². The van der Waals surface area contributed by atoms with Crippen LogP contribution < -0.4 is 5.14 Å². The minimum Gasteiger partial charge on any atom is -0.465 e. The Kier molecular flexibility index (Phi) is 3.33. The van der Waals surface area contributed by atoms with Crippen LogP contribution in [0.5, 0.6) is 0 Å². The number of carbonyl (C=O) groups is 1. The summed E-state index contributed by atoms with van der Waals surface area (Å²) < 4.78 is 26.8. The zero-order valence-electron chi connectivity index (χ0n) is 7.73. The van der Waals surface area contributed by atoms with Gasteiger partial charge in [0.2, 0.25) is 10.0 Å². The minimum absolute atomic E-state index is 0.111. The van der Waals surface area contributed by atoms with Gasteiger partial charge in [0, 0.05) is 0 Å². The second kappa shape index (κ2) is 4.18. The van der Waals surface area contributed by atoms with Crippen LogP contribution in [-0.2, 0) is 14.8 Å². The molecule has 0 aliphatic carbocycles. The van der Waals surface area contributed by atoms with Crippen molar-refractivity contribution in [1.82, 2.24) is 0 Å². The van der Waals surface area contributed by atoms with Crippen molar-refractivity contribution in [2.75, 3.05) is 7.11 Å². The van der Waals surface area contributed by atoms with Crippen LogP contribution in [0.25, 0.3) is 0 Å². The summed E-state index contributed by atoms with van der Waals surface area (Å²) in [6, 6.07) is 4.04. The summed E-state index contributed by atoms with van der Waals surface area (Å²) >= 11 is 5.65. The smallest absolute Gasteiger partial charge is 0.339 e. The normalized spacial score (nSPS) is 11.1. The lowest BCUT2D eigenvalue weighted by Gasteiger charge is -2.06. The zero-order valence-corrected chi connectivity index (χ0v) is 9.30. The number of primary sulfonamides is 1. The van der Waals surface area contributed by atoms with E-state index in [1.165, 1.54) is 18.2 Å². The van der Waals surface area contributed by atoms with Crippen molar-refractivity contribution >= 4 is 27.6 Å². The first kappa shape index (κ1) is 12.0. The van der Waals surface area contributed by atoms with Gasteiger partial charge in [0.1, 0.15) is 4.90 Å². The van der Waals surface area contributed by atoms with Gasteiger partial charge in [-0.2, -0.15) is 0 Å². The lowest BCUT2D eigenvalue weighted by Crippen LogP contribution is -2.18. The molecule has 7 heteroatoms. The maximum atomic E-state index is 11.2. The first-order valence-electron chi connectivity index (χ1n) is 3.77. The molecule has 0 saturated carbocycles. The minimum atomic E-state index is -4.05. The Hall–Kier alpha value is -1.11. The number of nitrogens with two attached hydrogens (primary N) is 1. The summed E-state index contributed by atoms with van der Waals surface area (Å²) in [7, 11) is -2.92. The number of halogens is 1. The van der Waals surface area contributed by atoms with Crippen molar-refractivity contribution in [3.63, 3.8) is 0 Å². The maximum absolute atomic E-state index is 11.2. The van der Waals surface area contributed by atoms with Gasteiger partial charge in [-0.1, -0.05) is 17.7 Å². The molecule has 15 heavy (non-hydrogen) atoms. The monoisotopic (exact) mass is 249 g/mol. The fraction of sp³-hybridized carbons (Fsp3) is 0.125. The largest absolute Gasteiger partial charge is 0.465 e. The Labute approximate surface area is 91.8 Å². The number of rotatable bonds is 2. The van der Waals surface area contributed by atoms with Crippen LogP contribution in [0.4, 0.5) is 0 Å². The molecule has 1 aromatic carbocycles. The van der Waals surface area contributed by atoms with Crippen LogP contribution in [0.2, 0.25) is 5.02 Å². The van der Waals surface area contributed by atoms with Crippen LogP contribution in [-0.4, -0.2) is 21.5 Å². The van der Waals surface area contributed by atoms with Gasteiger partial charge in [0.05, 0.1) is 17.7 Å². The van der Waals surface area contributed by atoms with Crippen molar-refractivity contribution < 1.29 is 17.9 Å². The van der Waals surface area contributed by atoms with E-state index in [2.05, 4.69) is 4.74 Å². The molecule has 0 bridgehead atoms. The maximum Gasteiger partial charge on any atom is 0.339 e. The van der Waals surface area contributed by atoms with E-state index >= 15 is 0 Å². The van der Waals surface area contributed by atoms with Crippen LogP contribution in [0.3, 0.4) is 0 Å². The molecule has 1 rings (SSSR count). The number of methoxy groups -OCH3 is 1. The third-order valence-electron chi connectivity index (χ3n) is 1.66. The molecule has 0 aliphatic rings. The Morgan fingerprint density at radius 2 is 2.07 bits per heavy atom. The van der Waals surface area contributed by atoms with E-state index in [1.807, 2.05) is 0 Å². The van der Waals surface area contributed by atoms with E-state index in [9.17, 15) is 13.2 Å². The highest BCUT2D eigenvalue weighted by molar-refractivity contribution is 7.89. The topological polar surface area (TPSA) is 86.5 Å². The predicted octanol–water partition coefficient (Wildman–Crippen LogP) is 0.774. The number of benzene rings is 1. The molecule has 2 N–H and O–H groups in total. The number of carbonyl (C=O) groups excluding carboxylic acids is 1. The van der Waals surface area contributed by atoms with Gasteiger partial charge < -0.3 is 4.74 Å². The van der Waals surface area contributed by atoms with E-state index in [4.69, 9.17) is 16.7 Å². The third-order valence-corrected chi connectivity index (χ3v) is 3.09. The lowest BCUT2D eigenvalue weighted by atomic mass is 10.2. The van der Waals surface area contributed by atoms with E-state index in [-0.39, 0.29) is 10.6 Å². The van der Waals surface area contributed by atoms with E-state index in [0.717, 1.165) is 7.11 Å². The summed E-state index contributed by atoms with van der Waals surface area (Å²) in [5.41, 5.74) is -0.174. The summed E-state index contributed by atoms with van der Waals surface area (Å²) in [6.45, 7) is 0. The van der Waals surface area contributed by atoms with E-state index in [0.29, 0.717) is 0 Å². The molecule has 0 aromatic heterocycles. The molecule has 0 aliphatic heterocycles. The zero-order chi connectivity index (χ0) is 11.6. The van der Waals surface area contributed by atoms with Gasteiger partial charge >= 0.3 is 5.97 Å². The summed E-state index contributed by atoms with van der Waals surface area (Å²) in [6.07, 6.45) is 0. The average Bonchev–Trinajstić information content (AvgIpc) is 2.14. The molecular formula is C8H8ClNO4S. The lowest BCUT2D eigenvalue weighted by molar-refractivity contribution is 0.0596. The van der Waals surface area contributed by atoms with Crippen molar-refractivity contribution in [3.8, 4) is 0 Å². The highest BCUT2D eigenvalue weighted by Crippen LogP contribution is 2.24. The molecule has 5 nitrogen and oxygen atoms in total. The molecule has 0 amide bonds. The van der Waals surface area contributed by atoms with Gasteiger partial charge in [-0.15, -0.1) is 0 Å². The predicted molar refractivity (Wildman–Crippen MR) is 54.2 cm³/mol. The highest BCUT2D eigenvalue weighted by atomic mass is 35.5. The first-order valence-corrected chi connectivity index (χ1v) is 5.70. The second-order valence-corrected chi connectivity index (χ2v) is 4.56. The Balaban J connectivity index is 3.54. The van der Waals surface area contributed by atoms with Gasteiger partial charge in [-0.3, -0.25) is 0 Å². The number of esters is 1. The van der Waals surface area contributed by atoms with Crippen LogP contribution in [0.1, 0.15) is 10.4 Å². The van der Waals surface area contributed by atoms with E-state index < -0.39 is 20.9 Å². The first-order chi connectivity index (χ1) is 6.88. The van der Waals surface area contributed by atoms with Crippen molar-refractivity contribution in [2.45, 2.75) is 4.90 Å². The number of hydrogen-bond donors (Lipinski definition) is 1. The molecule has 0 heterocycles. The SMILES string of the molecule is COC(=O)c1cccc(Cl)c1S(N)(=O)=O. The molecule has 0 atom stereocenters. The van der Waals surface area contributed by atoms with E-state index in [1.54, 1.807) is 0 Å². The molecule has 1 aromatic rings. The Morgan fingerprint density at radius 3 is 2.53 bits per heavy atom. The standard InChI is InChI=1S/C8H8ClNO4S/c1-14-8(11)5-3-2-4-6(9)7(5)15(10,12)13/h2-4H,1H3,(H2,10,12,13). The number of ether oxygens (including phenoxy) is 1. The number of sulfonamides is 1. The third kappa shape index (κ3) is 2.47. The van der Waals surface area contributed by atoms with Crippen LogP contribution in [0.15, 0.2) is 23.1 Å². The van der Waals surface area contributed by atoms with Crippen LogP contribution in [0, 0.1) is 0 Å². The number of hydrogen-bond acceptors (Lipinski definition) is 4. The molecule has 0 saturated heterocycles. The summed E-state index contributed by atoms with van der Waals surface area (Å²) in [4.78, 5) is 10.8. The molecule has 0 unspecified atom stereocenters. The Morgan fingerprint density at radius 1 is 1.47 bits per heavy atom. The van der Waals surface area contributed by atoms with Crippen molar-refractivity contribution in [1.29, 1.82) is 0 Å². The quantitative estimate of drug-likeness (QED) is 0.785. The molecule has 82 valence electrons. The van der Waals surface area contributed by atoms with Crippen LogP contribution >= 0.6 is 11.6 Å². The molecule has 0 spiro atoms. The molecule has 0 fully saturated rings. The van der Waals surface area contributed by atoms with Crippen molar-refractivity contribution in [2.24, 2.45) is 5.14 Å². The molecule has 0 radical (unpaired) electrons. The Bertz CT molecular complexity index is 497. The van der Waals surface area contributed by atoms with Crippen molar-refractivity contribution in [3.05, 3.63) is 28.8 Å².